The molecule has 0 amide bonds. The van der Waals surface area contributed by atoms with Crippen LogP contribution in [0, 0.1) is 0 Å². The van der Waals surface area contributed by atoms with Crippen molar-refractivity contribution < 1.29 is 13.9 Å². The first-order valence-corrected chi connectivity index (χ1v) is 6.59. The predicted octanol–water partition coefficient (Wildman–Crippen LogP) is 2.10. The van der Waals surface area contributed by atoms with Gasteiger partial charge in [0.25, 0.3) is 6.08 Å². The van der Waals surface area contributed by atoms with Crippen LogP contribution in [0.4, 0.5) is 0 Å². The highest BCUT2D eigenvalue weighted by molar-refractivity contribution is 9.25. The number of rotatable bonds is 6. The maximum Gasteiger partial charge on any atom is 0.277 e. The summed E-state index contributed by atoms with van der Waals surface area (Å²) in [4.78, 5) is 18.9. The molecule has 5 nitrogen and oxygen atoms in total. The molecule has 0 unspecified atom stereocenters. The van der Waals surface area contributed by atoms with E-state index in [1.165, 1.54) is 22.0 Å². The molecule has 0 fully saturated rings. The van der Waals surface area contributed by atoms with Crippen molar-refractivity contribution in [2.24, 2.45) is 9.55 Å². The minimum absolute atomic E-state index is 0.868. The first kappa shape index (κ1) is 11.0. The van der Waals surface area contributed by atoms with Crippen molar-refractivity contribution in [2.75, 3.05) is 0 Å². The molecule has 0 bridgehead atoms. The summed E-state index contributed by atoms with van der Waals surface area (Å²) in [6, 6.07) is 0. The Morgan fingerprint density at radius 2 is 2.00 bits per heavy atom. The lowest BCUT2D eigenvalue weighted by molar-refractivity contribution is 0.403. The van der Waals surface area contributed by atoms with Gasteiger partial charge in [-0.15, -0.1) is 4.40 Å². The second-order valence-corrected chi connectivity index (χ2v) is 5.73. The summed E-state index contributed by atoms with van der Waals surface area (Å²) < 4.78 is 7.44. The Balaban J connectivity index is 3.02. The Labute approximate surface area is 77.3 Å². The third kappa shape index (κ3) is 9.96. The van der Waals surface area contributed by atoms with Crippen LogP contribution < -0.4 is 0 Å². The molecule has 0 aliphatic carbocycles. The van der Waals surface area contributed by atoms with Crippen LogP contribution in [-0.2, 0) is 13.9 Å². The minimum atomic E-state index is 0.868. The average molecular weight is 228 g/mol. The molecule has 0 spiro atoms. The molecule has 0 saturated heterocycles. The molecule has 60 valence electrons. The van der Waals surface area contributed by atoms with Gasteiger partial charge < -0.3 is 0 Å². The Morgan fingerprint density at radius 3 is 2.64 bits per heavy atom. The fourth-order valence-electron chi connectivity index (χ4n) is 0.0970. The molecule has 0 aromatic carbocycles. The number of hydrogen-bond donors (Lipinski definition) is 0. The summed E-state index contributed by atoms with van der Waals surface area (Å²) in [6.07, 6.45) is 2.52. The molecule has 0 rings (SSSR count). The van der Waals surface area contributed by atoms with Gasteiger partial charge in [-0.2, -0.15) is 0 Å². The number of isocyanates is 2. The molecule has 11 heavy (non-hydrogen) atoms. The zero-order valence-corrected chi connectivity index (χ0v) is 8.02. The smallest absolute Gasteiger partial charge is 0.277 e. The van der Waals surface area contributed by atoms with Gasteiger partial charge in [-0.25, -0.2) is 9.59 Å². The summed E-state index contributed by atoms with van der Waals surface area (Å²) in [6.45, 7) is 0. The fourth-order valence-corrected chi connectivity index (χ4v) is 2.99. The van der Waals surface area contributed by atoms with Crippen LogP contribution in [0.1, 0.15) is 0 Å². The van der Waals surface area contributed by atoms with E-state index in [9.17, 15) is 9.59 Å². The predicted molar refractivity (Wildman–Crippen MR) is 47.7 cm³/mol. The molecule has 0 aromatic rings. The second kappa shape index (κ2) is 9.96. The molecule has 0 N–H and O–H groups in total. The van der Waals surface area contributed by atoms with E-state index >= 15 is 0 Å². The van der Waals surface area contributed by atoms with E-state index in [1.54, 1.807) is 0 Å². The molecular weight excluding hydrogens is 228 g/mol. The average Bonchev–Trinajstić information content (AvgIpc) is 2.03. The zero-order valence-electron chi connectivity index (χ0n) is 4.75. The number of nitrogens with zero attached hydrogens (tertiary/aromatic N) is 2. The van der Waals surface area contributed by atoms with Gasteiger partial charge in [0.05, 0.1) is 11.0 Å². The van der Waals surface area contributed by atoms with E-state index in [2.05, 4.69) is 13.8 Å². The summed E-state index contributed by atoms with van der Waals surface area (Å²) in [5.74, 6) is 0. The Morgan fingerprint density at radius 1 is 1.18 bits per heavy atom. The highest BCUT2D eigenvalue weighted by Crippen LogP contribution is 2.43. The summed E-state index contributed by atoms with van der Waals surface area (Å²) >= 11 is 0.868. The van der Waals surface area contributed by atoms with Gasteiger partial charge in [-0.05, 0) is 0 Å². The monoisotopic (exact) mass is 228 g/mol. The van der Waals surface area contributed by atoms with Crippen molar-refractivity contribution in [3.8, 4) is 0 Å². The lowest BCUT2D eigenvalue weighted by Crippen LogP contribution is -1.55. The van der Waals surface area contributed by atoms with Crippen LogP contribution in [0.25, 0.3) is 0 Å². The highest BCUT2D eigenvalue weighted by atomic mass is 33.7. The van der Waals surface area contributed by atoms with Crippen LogP contribution in [0.15, 0.2) is 9.55 Å². The van der Waals surface area contributed by atoms with Crippen molar-refractivity contribution >= 4 is 53.9 Å². The van der Waals surface area contributed by atoms with E-state index < -0.39 is 0 Å². The van der Waals surface area contributed by atoms with Crippen molar-refractivity contribution in [3.63, 3.8) is 0 Å². The molecule has 0 saturated carbocycles. The molecular formula is C2N2O3S4. The molecule has 0 heterocycles. The van der Waals surface area contributed by atoms with E-state index in [4.69, 9.17) is 0 Å². The molecule has 0 atom stereocenters. The molecule has 9 heteroatoms. The van der Waals surface area contributed by atoms with Crippen LogP contribution in [-0.4, -0.2) is 12.2 Å². The van der Waals surface area contributed by atoms with Crippen molar-refractivity contribution in [2.45, 2.75) is 0 Å². The fraction of sp³-hybridized carbons (Fsp3) is 0. The largest absolute Gasteiger partial charge is 0.298 e. The molecule has 0 radical (unpaired) electrons. The van der Waals surface area contributed by atoms with Crippen LogP contribution in [0.2, 0.25) is 0 Å². The second-order valence-electron chi connectivity index (χ2n) is 0.718. The quantitative estimate of drug-likeness (QED) is 0.131. The maximum absolute atomic E-state index is 9.50. The van der Waals surface area contributed by atoms with E-state index in [0.717, 1.165) is 31.9 Å². The van der Waals surface area contributed by atoms with E-state index in [-0.39, 0.29) is 0 Å². The minimum Gasteiger partial charge on any atom is -0.298 e. The van der Waals surface area contributed by atoms with Gasteiger partial charge in [0.15, 0.2) is 11.1 Å². The van der Waals surface area contributed by atoms with Crippen molar-refractivity contribution in [1.82, 2.24) is 0 Å². The highest BCUT2D eigenvalue weighted by Gasteiger charge is 1.90. The van der Waals surface area contributed by atoms with Crippen LogP contribution in [0.5, 0.6) is 0 Å². The van der Waals surface area contributed by atoms with Gasteiger partial charge in [-0.3, -0.25) is 4.28 Å². The Hall–Kier alpha value is -0.0400. The summed E-state index contributed by atoms with van der Waals surface area (Å²) in [7, 11) is 3.29. The zero-order chi connectivity index (χ0) is 8.36. The summed E-state index contributed by atoms with van der Waals surface area (Å²) in [5.41, 5.74) is 0. The van der Waals surface area contributed by atoms with Crippen molar-refractivity contribution in [1.29, 1.82) is 0 Å². The normalized spacial score (nSPS) is 7.64. The van der Waals surface area contributed by atoms with Gasteiger partial charge in [0.1, 0.15) is 0 Å². The van der Waals surface area contributed by atoms with Crippen LogP contribution >= 0.6 is 41.7 Å². The first-order valence-electron chi connectivity index (χ1n) is 1.89. The lowest BCUT2D eigenvalue weighted by atomic mass is 11.7. The maximum atomic E-state index is 9.50. The molecule has 0 aliphatic heterocycles. The van der Waals surface area contributed by atoms with Gasteiger partial charge in [0.2, 0.25) is 6.08 Å². The third-order valence-corrected chi connectivity index (χ3v) is 4.69. The SMILES string of the molecule is O=C=NOSSSSN=C=O. The lowest BCUT2D eigenvalue weighted by Gasteiger charge is -1.87. The van der Waals surface area contributed by atoms with E-state index in [0.29, 0.717) is 0 Å². The Bertz CT molecular complexity index is 166. The Kier molecular flexibility index (Phi) is 9.92. The van der Waals surface area contributed by atoms with Gasteiger partial charge in [-0.1, -0.05) is 0 Å². The standard InChI is InChI=1S/C2N2O3S4/c5-1-3-7-9-11-10-8-4-2-6. The number of hydrogen-bond acceptors (Lipinski definition) is 9. The van der Waals surface area contributed by atoms with Gasteiger partial charge >= 0.3 is 0 Å². The molecule has 0 aromatic heterocycles. The first-order chi connectivity index (χ1) is 5.41. The topological polar surface area (TPSA) is 68.1 Å². The van der Waals surface area contributed by atoms with Crippen LogP contribution in [0.3, 0.4) is 0 Å². The van der Waals surface area contributed by atoms with Gasteiger partial charge in [0, 0.05) is 24.8 Å². The molecule has 0 aliphatic rings. The third-order valence-electron chi connectivity index (χ3n) is 0.265. The number of carbonyl (C=O) groups excluding carboxylic acids is 2. The van der Waals surface area contributed by atoms with Crippen molar-refractivity contribution in [3.05, 3.63) is 0 Å². The summed E-state index contributed by atoms with van der Waals surface area (Å²) in [5, 5.41) is 2.80. The van der Waals surface area contributed by atoms with E-state index in [1.807, 2.05) is 0 Å².